The van der Waals surface area contributed by atoms with E-state index >= 15 is 0 Å². The molecule has 0 aliphatic heterocycles. The number of anilines is 2. The lowest BCUT2D eigenvalue weighted by Gasteiger charge is -2.10. The van der Waals surface area contributed by atoms with E-state index < -0.39 is 0 Å². The van der Waals surface area contributed by atoms with Gasteiger partial charge in [-0.25, -0.2) is 0 Å². The fourth-order valence-electron chi connectivity index (χ4n) is 1.67. The van der Waals surface area contributed by atoms with E-state index in [0.29, 0.717) is 28.9 Å². The van der Waals surface area contributed by atoms with Crippen molar-refractivity contribution in [3.63, 3.8) is 0 Å². The molecule has 0 spiro atoms. The molecule has 0 bridgehead atoms. The third kappa shape index (κ3) is 4.51. The van der Waals surface area contributed by atoms with Crippen molar-refractivity contribution in [2.45, 2.75) is 32.2 Å². The first-order chi connectivity index (χ1) is 9.58. The van der Waals surface area contributed by atoms with Gasteiger partial charge < -0.3 is 16.0 Å². The number of rotatable bonds is 6. The second-order valence-electron chi connectivity index (χ2n) is 4.80. The van der Waals surface area contributed by atoms with E-state index in [2.05, 4.69) is 16.0 Å². The Morgan fingerprint density at radius 3 is 2.65 bits per heavy atom. The van der Waals surface area contributed by atoms with Gasteiger partial charge >= 0.3 is 0 Å². The average Bonchev–Trinajstić information content (AvgIpc) is 3.24. The van der Waals surface area contributed by atoms with Crippen LogP contribution in [-0.4, -0.2) is 24.4 Å². The van der Waals surface area contributed by atoms with Gasteiger partial charge in [-0.05, 0) is 31.0 Å². The van der Waals surface area contributed by atoms with Gasteiger partial charge in [0.2, 0.25) is 11.8 Å². The summed E-state index contributed by atoms with van der Waals surface area (Å²) in [7, 11) is 0. The molecule has 1 fully saturated rings. The Hall–Kier alpha value is -1.59. The molecule has 0 saturated heterocycles. The van der Waals surface area contributed by atoms with E-state index in [9.17, 15) is 9.59 Å². The first kappa shape index (κ1) is 14.8. The Morgan fingerprint density at radius 2 is 2.00 bits per heavy atom. The smallest absolute Gasteiger partial charge is 0.238 e. The minimum Gasteiger partial charge on any atom is -0.326 e. The molecule has 0 radical (unpaired) electrons. The zero-order chi connectivity index (χ0) is 14.5. The van der Waals surface area contributed by atoms with E-state index in [0.717, 1.165) is 12.8 Å². The number of hydrogen-bond donors (Lipinski definition) is 3. The van der Waals surface area contributed by atoms with Gasteiger partial charge in [0.15, 0.2) is 0 Å². The molecule has 20 heavy (non-hydrogen) atoms. The predicted molar refractivity (Wildman–Crippen MR) is 80.0 cm³/mol. The highest BCUT2D eigenvalue weighted by Gasteiger charge is 2.21. The molecule has 5 nitrogen and oxygen atoms in total. The van der Waals surface area contributed by atoms with Crippen LogP contribution in [-0.2, 0) is 9.59 Å². The number of amides is 2. The molecule has 0 unspecified atom stereocenters. The van der Waals surface area contributed by atoms with E-state index in [1.54, 1.807) is 25.1 Å². The molecule has 1 aromatic rings. The highest BCUT2D eigenvalue weighted by Crippen LogP contribution is 2.25. The van der Waals surface area contributed by atoms with Crippen LogP contribution in [0.3, 0.4) is 0 Å². The summed E-state index contributed by atoms with van der Waals surface area (Å²) in [5, 5.41) is 9.04. The molecule has 1 aliphatic rings. The number of halogens is 1. The summed E-state index contributed by atoms with van der Waals surface area (Å²) in [5.41, 5.74) is 1.12. The maximum absolute atomic E-state index is 11.8. The van der Waals surface area contributed by atoms with Crippen molar-refractivity contribution < 1.29 is 9.59 Å². The summed E-state index contributed by atoms with van der Waals surface area (Å²) in [4.78, 5) is 23.1. The molecule has 0 atom stereocenters. The zero-order valence-electron chi connectivity index (χ0n) is 11.3. The molecule has 0 aromatic heterocycles. The van der Waals surface area contributed by atoms with E-state index in [4.69, 9.17) is 11.6 Å². The van der Waals surface area contributed by atoms with Crippen LogP contribution < -0.4 is 16.0 Å². The largest absolute Gasteiger partial charge is 0.326 e. The normalized spacial score (nSPS) is 13.9. The van der Waals surface area contributed by atoms with E-state index in [1.807, 2.05) is 0 Å². The molecule has 108 valence electrons. The maximum atomic E-state index is 11.8. The minimum atomic E-state index is -0.141. The standard InChI is InChI=1S/C14H18ClN3O2/c1-2-13(19)17-10-5-6-11(15)12(7-10)18-14(20)8-16-9-3-4-9/h5-7,9,16H,2-4,8H2,1H3,(H,17,19)(H,18,20). The molecule has 2 rings (SSSR count). The van der Waals surface area contributed by atoms with E-state index in [1.165, 1.54) is 0 Å². The van der Waals surface area contributed by atoms with Gasteiger partial charge in [-0.1, -0.05) is 18.5 Å². The van der Waals surface area contributed by atoms with Gasteiger partial charge in [-0.2, -0.15) is 0 Å². The van der Waals surface area contributed by atoms with Crippen molar-refractivity contribution in [3.8, 4) is 0 Å². The monoisotopic (exact) mass is 295 g/mol. The fraction of sp³-hybridized carbons (Fsp3) is 0.429. The van der Waals surface area contributed by atoms with Crippen LogP contribution in [0.15, 0.2) is 18.2 Å². The Labute approximate surface area is 123 Å². The van der Waals surface area contributed by atoms with Crippen LogP contribution in [0, 0.1) is 0 Å². The maximum Gasteiger partial charge on any atom is 0.238 e. The first-order valence-electron chi connectivity index (χ1n) is 6.71. The summed E-state index contributed by atoms with van der Waals surface area (Å²) in [6.07, 6.45) is 2.66. The molecule has 1 saturated carbocycles. The number of carbonyl (C=O) groups is 2. The van der Waals surface area contributed by atoms with Gasteiger partial charge in [0.25, 0.3) is 0 Å². The van der Waals surface area contributed by atoms with Gasteiger partial charge in [0.05, 0.1) is 17.3 Å². The van der Waals surface area contributed by atoms with Crippen molar-refractivity contribution in [1.82, 2.24) is 5.32 Å². The topological polar surface area (TPSA) is 70.2 Å². The zero-order valence-corrected chi connectivity index (χ0v) is 12.1. The first-order valence-corrected chi connectivity index (χ1v) is 7.09. The molecule has 6 heteroatoms. The number of carbonyl (C=O) groups excluding carboxylic acids is 2. The summed E-state index contributed by atoms with van der Waals surface area (Å²) in [6.45, 7) is 2.05. The Balaban J connectivity index is 1.95. The minimum absolute atomic E-state index is 0.0833. The molecular formula is C14H18ClN3O2. The molecule has 1 aliphatic carbocycles. The van der Waals surface area contributed by atoms with Gasteiger partial charge in [-0.3, -0.25) is 9.59 Å². The average molecular weight is 296 g/mol. The van der Waals surface area contributed by atoms with E-state index in [-0.39, 0.29) is 18.4 Å². The molecule has 0 heterocycles. The highest BCUT2D eigenvalue weighted by molar-refractivity contribution is 6.33. The van der Waals surface area contributed by atoms with Crippen molar-refractivity contribution >= 4 is 34.8 Å². The number of hydrogen-bond acceptors (Lipinski definition) is 3. The van der Waals surface area contributed by atoms with Crippen LogP contribution in [0.5, 0.6) is 0 Å². The summed E-state index contributed by atoms with van der Waals surface area (Å²) in [5.74, 6) is -0.224. The van der Waals surface area contributed by atoms with Crippen molar-refractivity contribution in [3.05, 3.63) is 23.2 Å². The molecule has 2 amide bonds. The van der Waals surface area contributed by atoms with Crippen molar-refractivity contribution in [2.75, 3.05) is 17.2 Å². The second kappa shape index (κ2) is 6.72. The lowest BCUT2D eigenvalue weighted by atomic mass is 10.2. The summed E-state index contributed by atoms with van der Waals surface area (Å²) >= 11 is 6.04. The van der Waals surface area contributed by atoms with Crippen LogP contribution in [0.2, 0.25) is 5.02 Å². The second-order valence-corrected chi connectivity index (χ2v) is 5.21. The third-order valence-corrected chi connectivity index (χ3v) is 3.30. The quantitative estimate of drug-likeness (QED) is 0.754. The summed E-state index contributed by atoms with van der Waals surface area (Å²) < 4.78 is 0. The summed E-state index contributed by atoms with van der Waals surface area (Å²) in [6, 6.07) is 5.49. The SMILES string of the molecule is CCC(=O)Nc1ccc(Cl)c(NC(=O)CNC2CC2)c1. The van der Waals surface area contributed by atoms with Crippen molar-refractivity contribution in [2.24, 2.45) is 0 Å². The third-order valence-electron chi connectivity index (χ3n) is 2.97. The Kier molecular flexibility index (Phi) is 4.98. The van der Waals surface area contributed by atoms with Crippen LogP contribution in [0.25, 0.3) is 0 Å². The van der Waals surface area contributed by atoms with Crippen molar-refractivity contribution in [1.29, 1.82) is 0 Å². The van der Waals surface area contributed by atoms with Gasteiger partial charge in [0.1, 0.15) is 0 Å². The van der Waals surface area contributed by atoms with Gasteiger partial charge in [-0.15, -0.1) is 0 Å². The highest BCUT2D eigenvalue weighted by atomic mass is 35.5. The lowest BCUT2D eigenvalue weighted by molar-refractivity contribution is -0.116. The van der Waals surface area contributed by atoms with Crippen LogP contribution in [0.1, 0.15) is 26.2 Å². The Bertz CT molecular complexity index is 515. The molecular weight excluding hydrogens is 278 g/mol. The van der Waals surface area contributed by atoms with Gasteiger partial charge in [0, 0.05) is 18.2 Å². The molecule has 1 aromatic carbocycles. The Morgan fingerprint density at radius 1 is 1.25 bits per heavy atom. The number of nitrogens with one attached hydrogen (secondary N) is 3. The fourth-order valence-corrected chi connectivity index (χ4v) is 1.83. The number of benzene rings is 1. The van der Waals surface area contributed by atoms with Crippen LogP contribution in [0.4, 0.5) is 11.4 Å². The lowest BCUT2D eigenvalue weighted by Crippen LogP contribution is -2.29. The molecule has 3 N–H and O–H groups in total. The predicted octanol–water partition coefficient (Wildman–Crippen LogP) is 2.38. The van der Waals surface area contributed by atoms with Crippen LogP contribution >= 0.6 is 11.6 Å².